The third-order valence-electron chi connectivity index (χ3n) is 2.55. The van der Waals surface area contributed by atoms with Crippen molar-refractivity contribution in [1.29, 1.82) is 0 Å². The second-order valence-corrected chi connectivity index (χ2v) is 5.04. The first-order chi connectivity index (χ1) is 7.63. The summed E-state index contributed by atoms with van der Waals surface area (Å²) >= 11 is 1.59. The highest BCUT2D eigenvalue weighted by Crippen LogP contribution is 2.40. The number of β-lactam (4-membered cyclic amide) rings is 1. The minimum Gasteiger partial charge on any atom is -0.477 e. The van der Waals surface area contributed by atoms with Crippen LogP contribution in [0.25, 0.3) is 0 Å². The van der Waals surface area contributed by atoms with Crippen LogP contribution in [0.1, 0.15) is 13.3 Å². The van der Waals surface area contributed by atoms with Crippen molar-refractivity contribution >= 4 is 23.6 Å². The van der Waals surface area contributed by atoms with Gasteiger partial charge in [0.1, 0.15) is 5.70 Å². The average molecular weight is 243 g/mol. The van der Waals surface area contributed by atoms with Gasteiger partial charge in [-0.1, -0.05) is 0 Å². The largest absolute Gasteiger partial charge is 0.477 e. The number of nitrogens with zero attached hydrogens (tertiary/aromatic N) is 1. The second-order valence-electron chi connectivity index (χ2n) is 3.61. The fourth-order valence-electron chi connectivity index (χ4n) is 1.78. The van der Waals surface area contributed by atoms with Crippen molar-refractivity contribution in [2.45, 2.75) is 24.0 Å². The molecule has 1 saturated heterocycles. The number of ether oxygens (including phenoxy) is 1. The van der Waals surface area contributed by atoms with Gasteiger partial charge in [0.15, 0.2) is 0 Å². The topological polar surface area (TPSA) is 66.8 Å². The number of fused-ring (bicyclic) bond motifs is 1. The van der Waals surface area contributed by atoms with Gasteiger partial charge in [-0.15, -0.1) is 11.8 Å². The summed E-state index contributed by atoms with van der Waals surface area (Å²) < 4.78 is 5.27. The van der Waals surface area contributed by atoms with Crippen LogP contribution >= 0.6 is 11.8 Å². The highest BCUT2D eigenvalue weighted by atomic mass is 32.2. The molecule has 16 heavy (non-hydrogen) atoms. The average Bonchev–Trinajstić information content (AvgIpc) is 2.23. The Labute approximate surface area is 97.4 Å². The highest BCUT2D eigenvalue weighted by molar-refractivity contribution is 8.00. The molecule has 2 aliphatic rings. The SMILES string of the molecule is CCOCC1C=C(C(=O)O)N2C(=O)C[C@H]2S1. The van der Waals surface area contributed by atoms with Crippen LogP contribution in [0, 0.1) is 0 Å². The van der Waals surface area contributed by atoms with Crippen molar-refractivity contribution in [3.05, 3.63) is 11.8 Å². The number of hydrogen-bond donors (Lipinski definition) is 1. The van der Waals surface area contributed by atoms with Crippen LogP contribution in [0.2, 0.25) is 0 Å². The van der Waals surface area contributed by atoms with Crippen molar-refractivity contribution in [1.82, 2.24) is 4.90 Å². The number of carbonyl (C=O) groups excluding carboxylic acids is 1. The van der Waals surface area contributed by atoms with Crippen molar-refractivity contribution in [3.63, 3.8) is 0 Å². The summed E-state index contributed by atoms with van der Waals surface area (Å²) in [5, 5.41) is 9.02. The van der Waals surface area contributed by atoms with Crippen LogP contribution in [-0.4, -0.2) is 45.7 Å². The summed E-state index contributed by atoms with van der Waals surface area (Å²) in [6.45, 7) is 3.01. The highest BCUT2D eigenvalue weighted by Gasteiger charge is 2.45. The molecule has 1 N–H and O–H groups in total. The zero-order valence-corrected chi connectivity index (χ0v) is 9.70. The van der Waals surface area contributed by atoms with Gasteiger partial charge in [-0.3, -0.25) is 9.69 Å². The Bertz CT molecular complexity index is 355. The maximum atomic E-state index is 11.3. The number of hydrogen-bond acceptors (Lipinski definition) is 4. The lowest BCUT2D eigenvalue weighted by molar-refractivity contribution is -0.146. The van der Waals surface area contributed by atoms with E-state index in [0.717, 1.165) is 0 Å². The molecule has 2 rings (SSSR count). The van der Waals surface area contributed by atoms with E-state index in [1.807, 2.05) is 6.92 Å². The summed E-state index contributed by atoms with van der Waals surface area (Å²) in [5.74, 6) is -1.15. The lowest BCUT2D eigenvalue weighted by Gasteiger charge is -2.44. The first-order valence-electron chi connectivity index (χ1n) is 5.14. The van der Waals surface area contributed by atoms with E-state index < -0.39 is 5.97 Å². The molecule has 0 aliphatic carbocycles. The molecule has 2 atom stereocenters. The number of thioether (sulfide) groups is 1. The molecule has 0 bridgehead atoms. The molecular formula is C10H13NO4S. The minimum atomic E-state index is -1.04. The maximum Gasteiger partial charge on any atom is 0.352 e. The first kappa shape index (κ1) is 11.5. The van der Waals surface area contributed by atoms with Gasteiger partial charge in [-0.2, -0.15) is 0 Å². The molecule has 5 nitrogen and oxygen atoms in total. The van der Waals surface area contributed by atoms with Crippen LogP contribution in [0.4, 0.5) is 0 Å². The molecule has 6 heteroatoms. The van der Waals surface area contributed by atoms with Crippen LogP contribution < -0.4 is 0 Å². The third-order valence-corrected chi connectivity index (χ3v) is 3.86. The summed E-state index contributed by atoms with van der Waals surface area (Å²) in [5.41, 5.74) is 0.102. The molecule has 0 spiro atoms. The predicted octanol–water partition coefficient (Wildman–Crippen LogP) is 0.665. The van der Waals surface area contributed by atoms with E-state index in [-0.39, 0.29) is 22.2 Å². The van der Waals surface area contributed by atoms with Gasteiger partial charge in [-0.05, 0) is 13.0 Å². The zero-order chi connectivity index (χ0) is 11.7. The Morgan fingerprint density at radius 2 is 2.50 bits per heavy atom. The zero-order valence-electron chi connectivity index (χ0n) is 8.88. The molecule has 2 aliphatic heterocycles. The number of rotatable bonds is 4. The van der Waals surface area contributed by atoms with Crippen LogP contribution in [0.5, 0.6) is 0 Å². The number of aliphatic carboxylic acids is 1. The summed E-state index contributed by atoms with van der Waals surface area (Å²) in [6, 6.07) is 0. The molecular weight excluding hydrogens is 230 g/mol. The lowest BCUT2D eigenvalue weighted by atomic mass is 10.1. The lowest BCUT2D eigenvalue weighted by Crippen LogP contribution is -2.54. The number of carboxylic acids is 1. The van der Waals surface area contributed by atoms with Crippen molar-refractivity contribution < 1.29 is 19.4 Å². The first-order valence-corrected chi connectivity index (χ1v) is 6.08. The summed E-state index contributed by atoms with van der Waals surface area (Å²) in [4.78, 5) is 23.6. The standard InChI is InChI=1S/C10H13NO4S/c1-2-15-5-6-3-7(10(13)14)11-8(12)4-9(11)16-6/h3,6,9H,2,4-5H2,1H3,(H,13,14)/t6?,9-/m1/s1. The van der Waals surface area contributed by atoms with Crippen LogP contribution in [0.3, 0.4) is 0 Å². The number of amides is 1. The molecule has 2 heterocycles. The Morgan fingerprint density at radius 1 is 1.75 bits per heavy atom. The molecule has 0 aromatic heterocycles. The van der Waals surface area contributed by atoms with Gasteiger partial charge < -0.3 is 9.84 Å². The molecule has 88 valence electrons. The van der Waals surface area contributed by atoms with E-state index >= 15 is 0 Å². The molecule has 0 aromatic carbocycles. The Balaban J connectivity index is 2.12. The third kappa shape index (κ3) is 1.94. The van der Waals surface area contributed by atoms with Crippen molar-refractivity contribution in [2.24, 2.45) is 0 Å². The van der Waals surface area contributed by atoms with E-state index in [1.165, 1.54) is 4.90 Å². The van der Waals surface area contributed by atoms with E-state index in [4.69, 9.17) is 9.84 Å². The van der Waals surface area contributed by atoms with Crippen molar-refractivity contribution in [3.8, 4) is 0 Å². The van der Waals surface area contributed by atoms with Crippen LogP contribution in [-0.2, 0) is 14.3 Å². The summed E-state index contributed by atoms with van der Waals surface area (Å²) in [6.07, 6.45) is 2.04. The smallest absolute Gasteiger partial charge is 0.352 e. The Morgan fingerprint density at radius 3 is 3.06 bits per heavy atom. The quantitative estimate of drug-likeness (QED) is 0.735. The molecule has 1 unspecified atom stereocenters. The van der Waals surface area contributed by atoms with Gasteiger partial charge in [0, 0.05) is 6.61 Å². The molecule has 0 saturated carbocycles. The second kappa shape index (κ2) is 4.47. The normalized spacial score (nSPS) is 28.2. The Hall–Kier alpha value is -1.01. The van der Waals surface area contributed by atoms with Gasteiger partial charge in [0.2, 0.25) is 5.91 Å². The number of carbonyl (C=O) groups is 2. The van der Waals surface area contributed by atoms with Gasteiger partial charge in [0.25, 0.3) is 0 Å². The van der Waals surface area contributed by atoms with E-state index in [0.29, 0.717) is 19.6 Å². The molecule has 0 radical (unpaired) electrons. The molecule has 1 amide bonds. The predicted molar refractivity (Wildman–Crippen MR) is 58.8 cm³/mol. The van der Waals surface area contributed by atoms with E-state index in [1.54, 1.807) is 17.8 Å². The monoisotopic (exact) mass is 243 g/mol. The molecule has 1 fully saturated rings. The van der Waals surface area contributed by atoms with E-state index in [9.17, 15) is 9.59 Å². The van der Waals surface area contributed by atoms with Crippen molar-refractivity contribution in [2.75, 3.05) is 13.2 Å². The molecule has 0 aromatic rings. The van der Waals surface area contributed by atoms with Gasteiger partial charge in [0.05, 0.1) is 23.7 Å². The fraction of sp³-hybridized carbons (Fsp3) is 0.600. The fourth-order valence-corrected chi connectivity index (χ4v) is 3.16. The number of carboxylic acid groups (broad SMARTS) is 1. The maximum absolute atomic E-state index is 11.3. The van der Waals surface area contributed by atoms with E-state index in [2.05, 4.69) is 0 Å². The minimum absolute atomic E-state index is 0.0194. The summed E-state index contributed by atoms with van der Waals surface area (Å²) in [7, 11) is 0. The van der Waals surface area contributed by atoms with Crippen LogP contribution in [0.15, 0.2) is 11.8 Å². The van der Waals surface area contributed by atoms with Gasteiger partial charge >= 0.3 is 5.97 Å². The van der Waals surface area contributed by atoms with Gasteiger partial charge in [-0.25, -0.2) is 4.79 Å². The Kier molecular flexibility index (Phi) is 3.20.